The summed E-state index contributed by atoms with van der Waals surface area (Å²) in [5.41, 5.74) is 4.98. The average Bonchev–Trinajstić information content (AvgIpc) is 2.96. The van der Waals surface area contributed by atoms with E-state index in [-0.39, 0.29) is 11.5 Å². The Morgan fingerprint density at radius 2 is 1.74 bits per heavy atom. The molecule has 0 saturated carbocycles. The zero-order valence-electron chi connectivity index (χ0n) is 23.5. The Hall–Kier alpha value is -3.27. The number of benzene rings is 4. The SMILES string of the molecule is COc1cc(C)c(-c2nc3ccccc3c(=O)n2N=Cc2ccc(OCc3ccc(Br)cc3Br)c(Br)c2)cc1C(C)C. The fraction of sp³-hybridized carbons (Fsp3) is 0.182. The number of fused-ring (bicyclic) bond motifs is 1. The van der Waals surface area contributed by atoms with E-state index < -0.39 is 0 Å². The molecule has 1 heterocycles. The maximum atomic E-state index is 13.7. The summed E-state index contributed by atoms with van der Waals surface area (Å²) < 4.78 is 15.8. The topological polar surface area (TPSA) is 65.7 Å². The monoisotopic (exact) mass is 751 g/mol. The minimum atomic E-state index is -0.243. The average molecular weight is 754 g/mol. The van der Waals surface area contributed by atoms with Crippen molar-refractivity contribution >= 4 is 64.9 Å². The predicted octanol–water partition coefficient (Wildman–Crippen LogP) is 9.25. The van der Waals surface area contributed by atoms with Crippen molar-refractivity contribution < 1.29 is 9.47 Å². The fourth-order valence-corrected chi connectivity index (χ4v) is 6.28. The molecule has 0 saturated heterocycles. The first-order valence-electron chi connectivity index (χ1n) is 13.3. The molecule has 0 radical (unpaired) electrons. The van der Waals surface area contributed by atoms with E-state index >= 15 is 0 Å². The third-order valence-corrected chi connectivity index (χ3v) is 8.72. The molecule has 0 fully saturated rings. The Bertz CT molecular complexity index is 1880. The van der Waals surface area contributed by atoms with Crippen molar-refractivity contribution in [3.8, 4) is 22.9 Å². The molecule has 6 nitrogen and oxygen atoms in total. The number of aromatic nitrogens is 2. The minimum Gasteiger partial charge on any atom is -0.496 e. The maximum absolute atomic E-state index is 13.7. The summed E-state index contributed by atoms with van der Waals surface area (Å²) in [7, 11) is 1.67. The van der Waals surface area contributed by atoms with Gasteiger partial charge in [-0.3, -0.25) is 4.79 Å². The van der Waals surface area contributed by atoms with Gasteiger partial charge in [-0.2, -0.15) is 9.78 Å². The second-order valence-corrected chi connectivity index (χ2v) is 12.7. The first-order chi connectivity index (χ1) is 20.2. The molecule has 5 aromatic rings. The van der Waals surface area contributed by atoms with Gasteiger partial charge in [0.05, 0.1) is 28.7 Å². The third-order valence-electron chi connectivity index (χ3n) is 6.87. The lowest BCUT2D eigenvalue weighted by molar-refractivity contribution is 0.303. The predicted molar refractivity (Wildman–Crippen MR) is 180 cm³/mol. The Labute approximate surface area is 269 Å². The van der Waals surface area contributed by atoms with Gasteiger partial charge >= 0.3 is 0 Å². The fourth-order valence-electron chi connectivity index (χ4n) is 4.61. The van der Waals surface area contributed by atoms with Crippen LogP contribution in [0.1, 0.15) is 42.0 Å². The van der Waals surface area contributed by atoms with E-state index in [9.17, 15) is 4.79 Å². The van der Waals surface area contributed by atoms with Crippen molar-refractivity contribution in [2.45, 2.75) is 33.3 Å². The van der Waals surface area contributed by atoms with Crippen molar-refractivity contribution in [1.82, 2.24) is 9.66 Å². The molecule has 42 heavy (non-hydrogen) atoms. The lowest BCUT2D eigenvalue weighted by atomic mass is 9.96. The van der Waals surface area contributed by atoms with Crippen LogP contribution in [0.3, 0.4) is 0 Å². The summed E-state index contributed by atoms with van der Waals surface area (Å²) in [6, 6.07) is 23.0. The highest BCUT2D eigenvalue weighted by Crippen LogP contribution is 2.34. The highest BCUT2D eigenvalue weighted by molar-refractivity contribution is 9.11. The van der Waals surface area contributed by atoms with Crippen molar-refractivity contribution in [3.63, 3.8) is 0 Å². The van der Waals surface area contributed by atoms with Crippen LogP contribution in [0.15, 0.2) is 96.1 Å². The van der Waals surface area contributed by atoms with Gasteiger partial charge in [-0.05, 0) is 100 Å². The Balaban J connectivity index is 1.53. The van der Waals surface area contributed by atoms with Crippen LogP contribution in [0.4, 0.5) is 0 Å². The third kappa shape index (κ3) is 6.38. The van der Waals surface area contributed by atoms with E-state index in [1.165, 1.54) is 4.68 Å². The number of methoxy groups -OCH3 is 1. The van der Waals surface area contributed by atoms with Crippen molar-refractivity contribution in [2.24, 2.45) is 5.10 Å². The molecule has 0 unspecified atom stereocenters. The Morgan fingerprint density at radius 3 is 2.45 bits per heavy atom. The molecule has 0 bridgehead atoms. The van der Waals surface area contributed by atoms with Gasteiger partial charge in [0, 0.05) is 20.1 Å². The lowest BCUT2D eigenvalue weighted by Crippen LogP contribution is -2.20. The normalized spacial score (nSPS) is 11.5. The van der Waals surface area contributed by atoms with Crippen LogP contribution in [0.25, 0.3) is 22.3 Å². The van der Waals surface area contributed by atoms with Crippen LogP contribution < -0.4 is 15.0 Å². The van der Waals surface area contributed by atoms with Gasteiger partial charge in [-0.1, -0.05) is 63.9 Å². The van der Waals surface area contributed by atoms with E-state index in [1.807, 2.05) is 73.7 Å². The van der Waals surface area contributed by atoms with Crippen LogP contribution in [0.5, 0.6) is 11.5 Å². The summed E-state index contributed by atoms with van der Waals surface area (Å²) in [6.07, 6.45) is 1.66. The molecule has 9 heteroatoms. The number of rotatable bonds is 8. The number of aryl methyl sites for hydroxylation is 1. The maximum Gasteiger partial charge on any atom is 0.282 e. The smallest absolute Gasteiger partial charge is 0.282 e. The van der Waals surface area contributed by atoms with Crippen LogP contribution in [0.2, 0.25) is 0 Å². The van der Waals surface area contributed by atoms with E-state index in [2.05, 4.69) is 66.7 Å². The molecule has 0 amide bonds. The van der Waals surface area contributed by atoms with Crippen LogP contribution in [-0.2, 0) is 6.61 Å². The molecule has 4 aromatic carbocycles. The lowest BCUT2D eigenvalue weighted by Gasteiger charge is -2.17. The summed E-state index contributed by atoms with van der Waals surface area (Å²) in [4.78, 5) is 18.6. The number of hydrogen-bond acceptors (Lipinski definition) is 5. The summed E-state index contributed by atoms with van der Waals surface area (Å²) in [6.45, 7) is 6.61. The molecular formula is C33H28Br3N3O3. The molecule has 1 aromatic heterocycles. The van der Waals surface area contributed by atoms with E-state index in [4.69, 9.17) is 14.5 Å². The van der Waals surface area contributed by atoms with E-state index in [0.29, 0.717) is 29.1 Å². The number of para-hydroxylation sites is 1. The van der Waals surface area contributed by atoms with Gasteiger partial charge in [0.1, 0.15) is 18.1 Å². The standard InChI is InChI=1S/C33H28Br3N3O3/c1-19(2)25-16-26(20(3)13-31(25)41-4)32-38-29-8-6-5-7-24(29)33(40)39(32)37-17-21-9-12-30(28(36)14-21)42-18-22-10-11-23(34)15-27(22)35/h5-17,19H,18H2,1-4H3. The first-order valence-corrected chi connectivity index (χ1v) is 15.7. The molecule has 0 N–H and O–H groups in total. The number of hydrogen-bond donors (Lipinski definition) is 0. The molecule has 0 spiro atoms. The van der Waals surface area contributed by atoms with Crippen molar-refractivity contribution in [3.05, 3.63) is 119 Å². The Morgan fingerprint density at radius 1 is 0.952 bits per heavy atom. The quantitative estimate of drug-likeness (QED) is 0.148. The van der Waals surface area contributed by atoms with Crippen molar-refractivity contribution in [1.29, 1.82) is 0 Å². The molecule has 214 valence electrons. The van der Waals surface area contributed by atoms with E-state index in [0.717, 1.165) is 47.0 Å². The second-order valence-electron chi connectivity index (χ2n) is 10.1. The second kappa shape index (κ2) is 12.9. The molecule has 5 rings (SSSR count). The number of nitrogens with zero attached hydrogens (tertiary/aromatic N) is 3. The first kappa shape index (κ1) is 30.2. The number of ether oxygens (including phenoxy) is 2. The van der Waals surface area contributed by atoms with Gasteiger partial charge in [0.15, 0.2) is 5.82 Å². The summed E-state index contributed by atoms with van der Waals surface area (Å²) >= 11 is 10.7. The summed E-state index contributed by atoms with van der Waals surface area (Å²) in [5.74, 6) is 2.19. The van der Waals surface area contributed by atoms with E-state index in [1.54, 1.807) is 19.4 Å². The molecule has 0 aliphatic carbocycles. The van der Waals surface area contributed by atoms with Crippen LogP contribution in [0, 0.1) is 6.92 Å². The zero-order chi connectivity index (χ0) is 30.0. The number of halogens is 3. The van der Waals surface area contributed by atoms with Crippen LogP contribution >= 0.6 is 47.8 Å². The van der Waals surface area contributed by atoms with Crippen molar-refractivity contribution in [2.75, 3.05) is 7.11 Å². The highest BCUT2D eigenvalue weighted by atomic mass is 79.9. The molecular weight excluding hydrogens is 726 g/mol. The van der Waals surface area contributed by atoms with Gasteiger partial charge in [-0.25, -0.2) is 4.98 Å². The summed E-state index contributed by atoms with van der Waals surface area (Å²) in [5, 5.41) is 5.16. The highest BCUT2D eigenvalue weighted by Gasteiger charge is 2.18. The minimum absolute atomic E-state index is 0.214. The molecule has 0 aliphatic rings. The largest absolute Gasteiger partial charge is 0.496 e. The molecule has 0 atom stereocenters. The Kier molecular flexibility index (Phi) is 9.30. The zero-order valence-corrected chi connectivity index (χ0v) is 28.2. The van der Waals surface area contributed by atoms with Gasteiger partial charge in [0.25, 0.3) is 5.56 Å². The van der Waals surface area contributed by atoms with Gasteiger partial charge in [0.2, 0.25) is 0 Å². The van der Waals surface area contributed by atoms with Gasteiger partial charge < -0.3 is 9.47 Å². The van der Waals surface area contributed by atoms with Crippen LogP contribution in [-0.4, -0.2) is 23.0 Å². The van der Waals surface area contributed by atoms with Gasteiger partial charge in [-0.15, -0.1) is 0 Å². The molecule has 0 aliphatic heterocycles.